The second-order valence-electron chi connectivity index (χ2n) is 5.89. The first kappa shape index (κ1) is 16.1. The summed E-state index contributed by atoms with van der Waals surface area (Å²) in [6.07, 6.45) is 0.398. The molecule has 1 aromatic carbocycles. The Bertz CT molecular complexity index is 649. The number of hydrogen-bond donors (Lipinski definition) is 1. The van der Waals surface area contributed by atoms with E-state index in [1.165, 1.54) is 11.5 Å². The lowest BCUT2D eigenvalue weighted by atomic mass is 9.95. The lowest BCUT2D eigenvalue weighted by Gasteiger charge is -2.13. The Kier molecular flexibility index (Phi) is 4.78. The lowest BCUT2D eigenvalue weighted by Crippen LogP contribution is -2.17. The molecule has 1 N–H and O–H groups in total. The number of benzene rings is 1. The summed E-state index contributed by atoms with van der Waals surface area (Å²) in [5.74, 6) is -0.847. The van der Waals surface area contributed by atoms with Gasteiger partial charge in [-0.25, -0.2) is 4.98 Å². The summed E-state index contributed by atoms with van der Waals surface area (Å²) in [6, 6.07) is 7.65. The highest BCUT2D eigenvalue weighted by Gasteiger charge is 2.28. The lowest BCUT2D eigenvalue weighted by molar-refractivity contribution is -0.138. The minimum Gasteiger partial charge on any atom is -0.481 e. The monoisotopic (exact) mass is 368 g/mol. The van der Waals surface area contributed by atoms with Crippen molar-refractivity contribution >= 4 is 33.4 Å². The van der Waals surface area contributed by atoms with Crippen molar-refractivity contribution in [3.63, 3.8) is 0 Å². The zero-order valence-corrected chi connectivity index (χ0v) is 14.5. The van der Waals surface area contributed by atoms with E-state index < -0.39 is 11.9 Å². The molecule has 1 heterocycles. The van der Waals surface area contributed by atoms with E-state index in [0.717, 1.165) is 10.0 Å². The molecule has 0 saturated carbocycles. The quantitative estimate of drug-likeness (QED) is 0.885. The number of hydrogen-bond acceptors (Lipinski definition) is 4. The van der Waals surface area contributed by atoms with E-state index in [9.17, 15) is 9.90 Å². The summed E-state index contributed by atoms with van der Waals surface area (Å²) >= 11 is 4.64. The summed E-state index contributed by atoms with van der Waals surface area (Å²) in [7, 11) is 0. The minimum absolute atomic E-state index is 0.175. The van der Waals surface area contributed by atoms with Gasteiger partial charge < -0.3 is 5.11 Å². The Hall–Kier alpha value is -1.27. The Labute approximate surface area is 136 Å². The molecule has 0 bridgehead atoms. The van der Waals surface area contributed by atoms with E-state index in [2.05, 4.69) is 25.3 Å². The Morgan fingerprint density at radius 2 is 2.05 bits per heavy atom. The van der Waals surface area contributed by atoms with Gasteiger partial charge in [0, 0.05) is 9.89 Å². The minimum atomic E-state index is -0.873. The van der Waals surface area contributed by atoms with Crippen LogP contribution in [-0.4, -0.2) is 20.4 Å². The molecule has 4 nitrogen and oxygen atoms in total. The van der Waals surface area contributed by atoms with Crippen molar-refractivity contribution in [3.8, 4) is 0 Å². The van der Waals surface area contributed by atoms with Gasteiger partial charge in [0.25, 0.3) is 0 Å². The Morgan fingerprint density at radius 1 is 1.38 bits per heavy atom. The van der Waals surface area contributed by atoms with Crippen LogP contribution in [0.4, 0.5) is 0 Å². The van der Waals surface area contributed by atoms with Crippen LogP contribution in [0.15, 0.2) is 28.7 Å². The molecule has 0 fully saturated rings. The number of carboxylic acid groups (broad SMARTS) is 1. The predicted molar refractivity (Wildman–Crippen MR) is 86.8 cm³/mol. The van der Waals surface area contributed by atoms with E-state index in [1.807, 2.05) is 45.0 Å². The zero-order chi connectivity index (χ0) is 15.6. The first-order valence-corrected chi connectivity index (χ1v) is 8.16. The molecule has 1 atom stereocenters. The molecule has 0 amide bonds. The van der Waals surface area contributed by atoms with Crippen molar-refractivity contribution in [3.05, 3.63) is 45.1 Å². The number of aromatic nitrogens is 2. The third-order valence-electron chi connectivity index (χ3n) is 3.09. The molecule has 2 aromatic rings. The highest BCUT2D eigenvalue weighted by atomic mass is 79.9. The molecular formula is C15H17BrN2O2S. The molecule has 1 aromatic heterocycles. The average Bonchev–Trinajstić information content (AvgIpc) is 2.86. The molecule has 0 aliphatic rings. The van der Waals surface area contributed by atoms with Gasteiger partial charge in [-0.1, -0.05) is 54.9 Å². The molecule has 0 saturated heterocycles. The molecule has 6 heteroatoms. The van der Waals surface area contributed by atoms with Crippen LogP contribution in [0.3, 0.4) is 0 Å². The molecule has 2 rings (SSSR count). The van der Waals surface area contributed by atoms with E-state index >= 15 is 0 Å². The third-order valence-corrected chi connectivity index (χ3v) is 4.69. The van der Waals surface area contributed by atoms with Gasteiger partial charge in [0.15, 0.2) is 0 Å². The van der Waals surface area contributed by atoms with Crippen molar-refractivity contribution in [2.45, 2.75) is 38.5 Å². The van der Waals surface area contributed by atoms with Gasteiger partial charge in [-0.05, 0) is 29.6 Å². The first-order valence-electron chi connectivity index (χ1n) is 6.59. The van der Waals surface area contributed by atoms with E-state index in [4.69, 9.17) is 0 Å². The Morgan fingerprint density at radius 3 is 2.57 bits per heavy atom. The molecule has 0 spiro atoms. The van der Waals surface area contributed by atoms with Gasteiger partial charge in [-0.15, -0.1) is 0 Å². The maximum Gasteiger partial charge on any atom is 0.313 e. The van der Waals surface area contributed by atoms with Crippen molar-refractivity contribution < 1.29 is 9.90 Å². The molecule has 0 radical (unpaired) electrons. The van der Waals surface area contributed by atoms with Crippen molar-refractivity contribution in [1.82, 2.24) is 9.36 Å². The Balaban J connectivity index is 2.30. The molecule has 0 aliphatic carbocycles. The van der Waals surface area contributed by atoms with Crippen LogP contribution in [-0.2, 0) is 16.6 Å². The van der Waals surface area contributed by atoms with E-state index in [-0.39, 0.29) is 5.41 Å². The van der Waals surface area contributed by atoms with Crippen LogP contribution in [0.1, 0.15) is 43.1 Å². The summed E-state index contributed by atoms with van der Waals surface area (Å²) in [4.78, 5) is 16.0. The summed E-state index contributed by atoms with van der Waals surface area (Å²) in [5.41, 5.74) is 0.780. The maximum absolute atomic E-state index is 11.6. The van der Waals surface area contributed by atoms with Crippen molar-refractivity contribution in [2.75, 3.05) is 0 Å². The van der Waals surface area contributed by atoms with Gasteiger partial charge in [0.05, 0.1) is 0 Å². The summed E-state index contributed by atoms with van der Waals surface area (Å²) < 4.78 is 5.22. The van der Waals surface area contributed by atoms with Gasteiger partial charge in [0.1, 0.15) is 16.7 Å². The topological polar surface area (TPSA) is 63.1 Å². The fourth-order valence-corrected chi connectivity index (χ4v) is 3.23. The van der Waals surface area contributed by atoms with E-state index in [1.54, 1.807) is 0 Å². The zero-order valence-electron chi connectivity index (χ0n) is 12.1. The van der Waals surface area contributed by atoms with Gasteiger partial charge in [-0.2, -0.15) is 4.37 Å². The van der Waals surface area contributed by atoms with Crippen LogP contribution in [0, 0.1) is 0 Å². The second-order valence-corrected chi connectivity index (χ2v) is 7.53. The largest absolute Gasteiger partial charge is 0.481 e. The first-order chi connectivity index (χ1) is 9.79. The van der Waals surface area contributed by atoms with Crippen LogP contribution in [0.5, 0.6) is 0 Å². The van der Waals surface area contributed by atoms with Crippen LogP contribution in [0.25, 0.3) is 0 Å². The second kappa shape index (κ2) is 6.23. The number of aliphatic carboxylic acids is 1. The number of halogens is 1. The third kappa shape index (κ3) is 3.89. The fraction of sp³-hybridized carbons (Fsp3) is 0.400. The van der Waals surface area contributed by atoms with Crippen LogP contribution >= 0.6 is 27.5 Å². The highest BCUT2D eigenvalue weighted by Crippen LogP contribution is 2.29. The maximum atomic E-state index is 11.6. The van der Waals surface area contributed by atoms with Gasteiger partial charge >= 0.3 is 5.97 Å². The van der Waals surface area contributed by atoms with Crippen molar-refractivity contribution in [1.29, 1.82) is 0 Å². The molecule has 1 unspecified atom stereocenters. The molecular weight excluding hydrogens is 352 g/mol. The average molecular weight is 369 g/mol. The van der Waals surface area contributed by atoms with Crippen molar-refractivity contribution in [2.24, 2.45) is 0 Å². The van der Waals surface area contributed by atoms with E-state index in [0.29, 0.717) is 17.3 Å². The predicted octanol–water partition coefficient (Wildman–Crippen LogP) is 4.01. The SMILES string of the molecule is CC(C)(C)c1nsc(C(Cc2ccccc2Br)C(=O)O)n1. The molecule has 21 heavy (non-hydrogen) atoms. The highest BCUT2D eigenvalue weighted by molar-refractivity contribution is 9.10. The van der Waals surface area contributed by atoms with Crippen LogP contribution < -0.4 is 0 Å². The smallest absolute Gasteiger partial charge is 0.313 e. The summed E-state index contributed by atoms with van der Waals surface area (Å²) in [6.45, 7) is 6.05. The number of carboxylic acids is 1. The number of nitrogens with zero attached hydrogens (tertiary/aromatic N) is 2. The van der Waals surface area contributed by atoms with Gasteiger partial charge in [0.2, 0.25) is 0 Å². The summed E-state index contributed by atoms with van der Waals surface area (Å²) in [5, 5.41) is 10.1. The number of carbonyl (C=O) groups is 1. The fourth-order valence-electron chi connectivity index (χ4n) is 1.85. The van der Waals surface area contributed by atoms with Crippen LogP contribution in [0.2, 0.25) is 0 Å². The standard InChI is InChI=1S/C15H17BrN2O2S/c1-15(2,3)14-17-12(21-18-14)10(13(19)20)8-9-6-4-5-7-11(9)16/h4-7,10H,8H2,1-3H3,(H,19,20). The number of rotatable bonds is 4. The molecule has 112 valence electrons. The van der Waals surface area contributed by atoms with Gasteiger partial charge in [-0.3, -0.25) is 4.79 Å². The molecule has 0 aliphatic heterocycles. The normalized spacial score (nSPS) is 13.1.